The third-order valence-corrected chi connectivity index (χ3v) is 1.87. The Labute approximate surface area is 80.2 Å². The number of hydrogen-bond acceptors (Lipinski definition) is 1. The van der Waals surface area contributed by atoms with E-state index in [2.05, 4.69) is 13.2 Å². The van der Waals surface area contributed by atoms with Gasteiger partial charge in [-0.1, -0.05) is 31.4 Å². The summed E-state index contributed by atoms with van der Waals surface area (Å²) < 4.78 is 0. The first-order valence-electron chi connectivity index (χ1n) is 4.27. The largest absolute Gasteiger partial charge is 0.346 e. The molecule has 0 aliphatic carbocycles. The number of hydrogen-bond donors (Lipinski definition) is 0. The number of nitrogens with zero attached hydrogens (tertiary/aromatic N) is 1. The lowest BCUT2D eigenvalue weighted by molar-refractivity contribution is -0.127. The van der Waals surface area contributed by atoms with Crippen LogP contribution in [0, 0.1) is 0 Å². The van der Waals surface area contributed by atoms with Gasteiger partial charge in [0, 0.05) is 20.5 Å². The van der Waals surface area contributed by atoms with Gasteiger partial charge in [-0.3, -0.25) is 4.79 Å². The standard InChI is InChI=1S/C11H17NO/c1-5-7-11(6-2)8-9-12(4)10(3)13/h5-7H,1-2,8-9H2,3-4H3/b11-7+. The van der Waals surface area contributed by atoms with Gasteiger partial charge in [-0.05, 0) is 12.0 Å². The Kier molecular flexibility index (Phi) is 5.60. The molecule has 13 heavy (non-hydrogen) atoms. The van der Waals surface area contributed by atoms with Gasteiger partial charge in [0.25, 0.3) is 0 Å². The first-order valence-corrected chi connectivity index (χ1v) is 4.27. The zero-order valence-corrected chi connectivity index (χ0v) is 8.42. The highest BCUT2D eigenvalue weighted by atomic mass is 16.2. The van der Waals surface area contributed by atoms with Crippen LogP contribution in [-0.4, -0.2) is 24.4 Å². The van der Waals surface area contributed by atoms with Crippen LogP contribution in [0.5, 0.6) is 0 Å². The Morgan fingerprint density at radius 1 is 1.46 bits per heavy atom. The van der Waals surface area contributed by atoms with Crippen molar-refractivity contribution in [2.75, 3.05) is 13.6 Å². The molecule has 0 rings (SSSR count). The zero-order chi connectivity index (χ0) is 10.3. The summed E-state index contributed by atoms with van der Waals surface area (Å²) in [5.74, 6) is 0.0852. The van der Waals surface area contributed by atoms with E-state index in [9.17, 15) is 4.79 Å². The first kappa shape index (κ1) is 11.7. The maximum absolute atomic E-state index is 10.9. The SMILES string of the molecule is C=C/C=C(\C=C)CCN(C)C(C)=O. The van der Waals surface area contributed by atoms with E-state index in [1.807, 2.05) is 6.08 Å². The Morgan fingerprint density at radius 3 is 2.46 bits per heavy atom. The Morgan fingerprint density at radius 2 is 2.08 bits per heavy atom. The predicted molar refractivity (Wildman–Crippen MR) is 56.4 cm³/mol. The van der Waals surface area contributed by atoms with Gasteiger partial charge in [0.15, 0.2) is 0 Å². The maximum atomic E-state index is 10.9. The lowest BCUT2D eigenvalue weighted by atomic mass is 10.1. The van der Waals surface area contributed by atoms with Crippen molar-refractivity contribution in [3.05, 3.63) is 37.0 Å². The molecular formula is C11H17NO. The number of rotatable bonds is 5. The predicted octanol–water partition coefficient (Wildman–Crippen LogP) is 2.15. The third kappa shape index (κ3) is 5.01. The minimum atomic E-state index is 0.0852. The fraction of sp³-hybridized carbons (Fsp3) is 0.364. The van der Waals surface area contributed by atoms with Gasteiger partial charge in [-0.15, -0.1) is 0 Å². The smallest absolute Gasteiger partial charge is 0.219 e. The summed E-state index contributed by atoms with van der Waals surface area (Å²) in [6.07, 6.45) is 6.24. The van der Waals surface area contributed by atoms with Crippen molar-refractivity contribution in [3.8, 4) is 0 Å². The molecule has 1 amide bonds. The molecule has 0 aliphatic rings. The maximum Gasteiger partial charge on any atom is 0.219 e. The van der Waals surface area contributed by atoms with Crippen LogP contribution in [0.4, 0.5) is 0 Å². The van der Waals surface area contributed by atoms with Crippen molar-refractivity contribution in [3.63, 3.8) is 0 Å². The van der Waals surface area contributed by atoms with E-state index in [0.29, 0.717) is 0 Å². The second-order valence-corrected chi connectivity index (χ2v) is 2.87. The quantitative estimate of drug-likeness (QED) is 0.592. The number of allylic oxidation sites excluding steroid dienone is 3. The van der Waals surface area contributed by atoms with Gasteiger partial charge in [0.05, 0.1) is 0 Å². The van der Waals surface area contributed by atoms with E-state index in [4.69, 9.17) is 0 Å². The summed E-state index contributed by atoms with van der Waals surface area (Å²) in [6.45, 7) is 9.57. The lowest BCUT2D eigenvalue weighted by Gasteiger charge is -2.14. The van der Waals surface area contributed by atoms with Crippen LogP contribution in [0.3, 0.4) is 0 Å². The lowest BCUT2D eigenvalue weighted by Crippen LogP contribution is -2.24. The fourth-order valence-electron chi connectivity index (χ4n) is 0.859. The van der Waals surface area contributed by atoms with Crippen molar-refractivity contribution in [2.24, 2.45) is 0 Å². The molecule has 2 heteroatoms. The van der Waals surface area contributed by atoms with Crippen LogP contribution < -0.4 is 0 Å². The Hall–Kier alpha value is -1.31. The normalized spacial score (nSPS) is 10.8. The van der Waals surface area contributed by atoms with E-state index in [1.54, 1.807) is 31.0 Å². The molecule has 0 aromatic rings. The molecule has 0 atom stereocenters. The van der Waals surface area contributed by atoms with Crippen molar-refractivity contribution in [2.45, 2.75) is 13.3 Å². The minimum absolute atomic E-state index is 0.0852. The second kappa shape index (κ2) is 6.23. The molecule has 0 aromatic carbocycles. The monoisotopic (exact) mass is 179 g/mol. The Balaban J connectivity index is 3.99. The van der Waals surface area contributed by atoms with Crippen LogP contribution in [0.2, 0.25) is 0 Å². The number of carbonyl (C=O) groups is 1. The van der Waals surface area contributed by atoms with Crippen LogP contribution in [-0.2, 0) is 4.79 Å². The van der Waals surface area contributed by atoms with E-state index in [0.717, 1.165) is 18.5 Å². The van der Waals surface area contributed by atoms with Crippen LogP contribution in [0.25, 0.3) is 0 Å². The molecule has 0 aliphatic heterocycles. The molecule has 0 spiro atoms. The van der Waals surface area contributed by atoms with Crippen molar-refractivity contribution >= 4 is 5.91 Å². The molecule has 2 nitrogen and oxygen atoms in total. The topological polar surface area (TPSA) is 20.3 Å². The molecule has 0 heterocycles. The zero-order valence-electron chi connectivity index (χ0n) is 8.42. The molecule has 0 aromatic heterocycles. The van der Waals surface area contributed by atoms with Gasteiger partial charge in [0.2, 0.25) is 5.91 Å². The van der Waals surface area contributed by atoms with E-state index < -0.39 is 0 Å². The molecule has 0 fully saturated rings. The highest BCUT2D eigenvalue weighted by molar-refractivity contribution is 5.72. The molecule has 0 saturated carbocycles. The molecule has 0 N–H and O–H groups in total. The second-order valence-electron chi connectivity index (χ2n) is 2.87. The minimum Gasteiger partial charge on any atom is -0.346 e. The average molecular weight is 179 g/mol. The summed E-state index contributed by atoms with van der Waals surface area (Å²) in [5.41, 5.74) is 1.10. The van der Waals surface area contributed by atoms with Crippen LogP contribution >= 0.6 is 0 Å². The van der Waals surface area contributed by atoms with E-state index in [-0.39, 0.29) is 5.91 Å². The van der Waals surface area contributed by atoms with Gasteiger partial charge < -0.3 is 4.90 Å². The van der Waals surface area contributed by atoms with Gasteiger partial charge in [-0.2, -0.15) is 0 Å². The molecular weight excluding hydrogens is 162 g/mol. The summed E-state index contributed by atoms with van der Waals surface area (Å²) >= 11 is 0. The molecule has 0 radical (unpaired) electrons. The summed E-state index contributed by atoms with van der Waals surface area (Å²) in [5, 5.41) is 0. The van der Waals surface area contributed by atoms with Crippen molar-refractivity contribution < 1.29 is 4.79 Å². The summed E-state index contributed by atoms with van der Waals surface area (Å²) in [4.78, 5) is 12.5. The van der Waals surface area contributed by atoms with Crippen molar-refractivity contribution in [1.82, 2.24) is 4.90 Å². The number of carbonyl (C=O) groups excluding carboxylic acids is 1. The molecule has 0 bridgehead atoms. The van der Waals surface area contributed by atoms with E-state index >= 15 is 0 Å². The molecule has 0 unspecified atom stereocenters. The van der Waals surface area contributed by atoms with Gasteiger partial charge in [0.1, 0.15) is 0 Å². The van der Waals surface area contributed by atoms with Gasteiger partial charge >= 0.3 is 0 Å². The summed E-state index contributed by atoms with van der Waals surface area (Å²) in [6, 6.07) is 0. The molecule has 0 saturated heterocycles. The van der Waals surface area contributed by atoms with Gasteiger partial charge in [-0.25, -0.2) is 0 Å². The summed E-state index contributed by atoms with van der Waals surface area (Å²) in [7, 11) is 1.79. The fourth-order valence-corrected chi connectivity index (χ4v) is 0.859. The highest BCUT2D eigenvalue weighted by Crippen LogP contribution is 2.03. The molecule has 72 valence electrons. The number of amides is 1. The van der Waals surface area contributed by atoms with Crippen LogP contribution in [0.1, 0.15) is 13.3 Å². The van der Waals surface area contributed by atoms with Crippen molar-refractivity contribution in [1.29, 1.82) is 0 Å². The van der Waals surface area contributed by atoms with E-state index in [1.165, 1.54) is 0 Å². The Bertz CT molecular complexity index is 228. The first-order chi connectivity index (χ1) is 6.11. The highest BCUT2D eigenvalue weighted by Gasteiger charge is 2.01. The third-order valence-electron chi connectivity index (χ3n) is 1.87. The average Bonchev–Trinajstić information content (AvgIpc) is 2.11. The van der Waals surface area contributed by atoms with Crippen LogP contribution in [0.15, 0.2) is 37.0 Å².